The van der Waals surface area contributed by atoms with Crippen LogP contribution in [-0.4, -0.2) is 63.7 Å². The fourth-order valence-corrected chi connectivity index (χ4v) is 3.61. The Morgan fingerprint density at radius 2 is 1.24 bits per heavy atom. The molecule has 42 heavy (non-hydrogen) atoms. The molecule has 0 spiro atoms. The fourth-order valence-electron chi connectivity index (χ4n) is 3.61. The highest BCUT2D eigenvalue weighted by Gasteiger charge is 2.31. The van der Waals surface area contributed by atoms with E-state index >= 15 is 0 Å². The molecule has 0 radical (unpaired) electrons. The summed E-state index contributed by atoms with van der Waals surface area (Å²) >= 11 is 0. The van der Waals surface area contributed by atoms with Crippen LogP contribution in [0.15, 0.2) is 30.3 Å². The Morgan fingerprint density at radius 3 is 1.74 bits per heavy atom. The fraction of sp³-hybridized carbons (Fsp3) is 0.452. The molecule has 1 unspecified atom stereocenters. The number of carbonyl (C=O) groups excluding carboxylic acids is 3. The third-order valence-electron chi connectivity index (χ3n) is 5.32. The van der Waals surface area contributed by atoms with E-state index in [2.05, 4.69) is 5.32 Å². The van der Waals surface area contributed by atoms with E-state index in [1.807, 2.05) is 6.08 Å². The number of methoxy groups -OCH3 is 4. The van der Waals surface area contributed by atoms with Gasteiger partial charge in [0.15, 0.2) is 23.0 Å². The second-order valence-corrected chi connectivity index (χ2v) is 11.1. The summed E-state index contributed by atoms with van der Waals surface area (Å²) in [7, 11) is 6.03. The Kier molecular flexibility index (Phi) is 11.6. The number of esters is 2. The molecule has 11 nitrogen and oxygen atoms in total. The van der Waals surface area contributed by atoms with Gasteiger partial charge in [-0.2, -0.15) is 0 Å². The van der Waals surface area contributed by atoms with Crippen LogP contribution in [0.25, 0.3) is 12.2 Å². The predicted octanol–water partition coefficient (Wildman–Crippen LogP) is 5.42. The number of amides is 1. The van der Waals surface area contributed by atoms with Crippen molar-refractivity contribution in [3.63, 3.8) is 0 Å². The van der Waals surface area contributed by atoms with Crippen molar-refractivity contribution >= 4 is 30.2 Å². The molecule has 2 rings (SSSR count). The molecule has 0 aliphatic rings. The van der Waals surface area contributed by atoms with Crippen molar-refractivity contribution in [1.29, 1.82) is 0 Å². The van der Waals surface area contributed by atoms with E-state index in [4.69, 9.17) is 33.2 Å². The lowest BCUT2D eigenvalue weighted by Gasteiger charge is -2.26. The highest BCUT2D eigenvalue weighted by Crippen LogP contribution is 2.39. The first-order valence-electron chi connectivity index (χ1n) is 13.2. The maximum atomic E-state index is 13.0. The topological polar surface area (TPSA) is 128 Å². The Bertz CT molecular complexity index is 1260. The highest BCUT2D eigenvalue weighted by molar-refractivity contribution is 5.87. The molecule has 1 atom stereocenters. The molecule has 0 aliphatic carbocycles. The zero-order chi connectivity index (χ0) is 31.7. The average Bonchev–Trinajstić information content (AvgIpc) is 2.88. The van der Waals surface area contributed by atoms with Crippen LogP contribution in [0, 0.1) is 0 Å². The van der Waals surface area contributed by atoms with Crippen LogP contribution in [0.1, 0.15) is 59.1 Å². The van der Waals surface area contributed by atoms with E-state index in [0.717, 1.165) is 5.56 Å². The number of hydrogen-bond acceptors (Lipinski definition) is 10. The number of carbonyl (C=O) groups is 3. The molecule has 1 N–H and O–H groups in total. The smallest absolute Gasteiger partial charge is 0.408 e. The number of ether oxygens (including phenoxy) is 7. The van der Waals surface area contributed by atoms with Crippen molar-refractivity contribution in [2.24, 2.45) is 0 Å². The van der Waals surface area contributed by atoms with Gasteiger partial charge in [-0.15, -0.1) is 0 Å². The molecule has 0 bridgehead atoms. The van der Waals surface area contributed by atoms with Crippen molar-refractivity contribution in [3.8, 4) is 28.7 Å². The lowest BCUT2D eigenvalue weighted by Crippen LogP contribution is -2.47. The van der Waals surface area contributed by atoms with Gasteiger partial charge in [0.2, 0.25) is 5.75 Å². The molecular weight excluding hydrogens is 546 g/mol. The zero-order valence-electron chi connectivity index (χ0n) is 25.9. The molecule has 0 aromatic heterocycles. The Balaban J connectivity index is 2.29. The highest BCUT2D eigenvalue weighted by atomic mass is 16.6. The van der Waals surface area contributed by atoms with Gasteiger partial charge in [0.05, 0.1) is 34.9 Å². The van der Waals surface area contributed by atoms with Crippen LogP contribution in [0.5, 0.6) is 28.7 Å². The second-order valence-electron chi connectivity index (χ2n) is 11.1. The Morgan fingerprint density at radius 1 is 0.714 bits per heavy atom. The van der Waals surface area contributed by atoms with Crippen LogP contribution < -0.4 is 29.0 Å². The van der Waals surface area contributed by atoms with Crippen LogP contribution in [0.2, 0.25) is 0 Å². The molecule has 0 heterocycles. The van der Waals surface area contributed by atoms with Crippen molar-refractivity contribution in [1.82, 2.24) is 5.32 Å². The van der Waals surface area contributed by atoms with E-state index in [9.17, 15) is 14.4 Å². The summed E-state index contributed by atoms with van der Waals surface area (Å²) in [5.41, 5.74) is -0.210. The minimum Gasteiger partial charge on any atom is -0.493 e. The van der Waals surface area contributed by atoms with E-state index in [-0.39, 0.29) is 5.75 Å². The monoisotopic (exact) mass is 587 g/mol. The van der Waals surface area contributed by atoms with E-state index in [0.29, 0.717) is 28.6 Å². The summed E-state index contributed by atoms with van der Waals surface area (Å²) in [4.78, 5) is 38.2. The van der Waals surface area contributed by atoms with Crippen LogP contribution in [0.4, 0.5) is 4.79 Å². The first-order valence-corrected chi connectivity index (χ1v) is 13.2. The number of hydrogen-bond donors (Lipinski definition) is 1. The summed E-state index contributed by atoms with van der Waals surface area (Å²) in [5.74, 6) is 0.282. The molecule has 1 amide bonds. The van der Waals surface area contributed by atoms with Crippen LogP contribution in [0.3, 0.4) is 0 Å². The minimum absolute atomic E-state index is 0.120. The van der Waals surface area contributed by atoms with Gasteiger partial charge in [-0.05, 0) is 76.9 Å². The molecule has 0 saturated heterocycles. The number of nitrogens with one attached hydrogen (secondary N) is 1. The lowest BCUT2D eigenvalue weighted by atomic mass is 10.1. The van der Waals surface area contributed by atoms with E-state index < -0.39 is 41.7 Å². The van der Waals surface area contributed by atoms with Crippen molar-refractivity contribution in [2.45, 2.75) is 65.2 Å². The van der Waals surface area contributed by atoms with Crippen LogP contribution >= 0.6 is 0 Å². The quantitative estimate of drug-likeness (QED) is 0.207. The summed E-state index contributed by atoms with van der Waals surface area (Å²) in [6.45, 7) is 10.1. The third kappa shape index (κ3) is 10.5. The molecule has 0 aliphatic heterocycles. The van der Waals surface area contributed by atoms with Crippen molar-refractivity contribution in [3.05, 3.63) is 41.5 Å². The van der Waals surface area contributed by atoms with Crippen LogP contribution in [-0.2, 0) is 19.1 Å². The Hall–Kier alpha value is -4.41. The number of rotatable bonds is 11. The summed E-state index contributed by atoms with van der Waals surface area (Å²) in [5, 5.41) is 2.41. The van der Waals surface area contributed by atoms with Crippen molar-refractivity contribution < 1.29 is 47.5 Å². The third-order valence-corrected chi connectivity index (χ3v) is 5.32. The average molecular weight is 588 g/mol. The van der Waals surface area contributed by atoms with E-state index in [1.165, 1.54) is 28.4 Å². The molecule has 0 saturated carbocycles. The van der Waals surface area contributed by atoms with Gasteiger partial charge < -0.3 is 38.5 Å². The molecule has 11 heteroatoms. The largest absolute Gasteiger partial charge is 0.493 e. The maximum Gasteiger partial charge on any atom is 0.408 e. The summed E-state index contributed by atoms with van der Waals surface area (Å²) in [6.07, 6.45) is 2.23. The van der Waals surface area contributed by atoms with Gasteiger partial charge in [0.1, 0.15) is 17.2 Å². The maximum absolute atomic E-state index is 13.0. The zero-order valence-corrected chi connectivity index (χ0v) is 25.9. The molecule has 0 fully saturated rings. The van der Waals surface area contributed by atoms with Gasteiger partial charge >= 0.3 is 18.0 Å². The lowest BCUT2D eigenvalue weighted by molar-refractivity contribution is -0.159. The van der Waals surface area contributed by atoms with Gasteiger partial charge in [-0.1, -0.05) is 18.2 Å². The first-order chi connectivity index (χ1) is 19.6. The number of alkyl carbamates (subject to hydrolysis) is 1. The van der Waals surface area contributed by atoms with Crippen molar-refractivity contribution in [2.75, 3.05) is 28.4 Å². The molecule has 230 valence electrons. The van der Waals surface area contributed by atoms with E-state index in [1.54, 1.807) is 78.0 Å². The SMILES string of the molecule is COc1ccc(/C=C\c2cc(OC)c(OC)c(OC)c2)cc1OC(=O)CC(NC(=O)OC(C)(C)C)C(=O)OC(C)(C)C. The summed E-state index contributed by atoms with van der Waals surface area (Å²) < 4.78 is 37.7. The standard InChI is InChI=1S/C31H41NO10/c1-30(2,3)41-28(34)21(32-29(35)42-31(4,5)6)18-26(33)40-23-15-19(13-14-22(23)36-7)11-12-20-16-24(37-8)27(39-10)25(17-20)38-9/h11-17,21H,18H2,1-10H3,(H,32,35)/b12-11-. The second kappa shape index (κ2) is 14.5. The first kappa shape index (κ1) is 33.8. The Labute approximate surface area is 247 Å². The van der Waals surface area contributed by atoms with Gasteiger partial charge in [-0.25, -0.2) is 9.59 Å². The normalized spacial score (nSPS) is 12.2. The number of benzene rings is 2. The van der Waals surface area contributed by atoms with Gasteiger partial charge in [-0.3, -0.25) is 4.79 Å². The predicted molar refractivity (Wildman–Crippen MR) is 157 cm³/mol. The molecular formula is C31H41NO10. The molecule has 2 aromatic carbocycles. The van der Waals surface area contributed by atoms with Gasteiger partial charge in [0, 0.05) is 0 Å². The summed E-state index contributed by atoms with van der Waals surface area (Å²) in [6, 6.07) is 7.25. The molecule has 2 aromatic rings. The minimum atomic E-state index is -1.35. The van der Waals surface area contributed by atoms with Gasteiger partial charge in [0.25, 0.3) is 0 Å².